The molecule has 0 bridgehead atoms. The van der Waals surface area contributed by atoms with Gasteiger partial charge in [0, 0.05) is 57.9 Å². The number of amides is 1. The zero-order valence-electron chi connectivity index (χ0n) is 17.4. The highest BCUT2D eigenvalue weighted by molar-refractivity contribution is 5.94. The average Bonchev–Trinajstić information content (AvgIpc) is 2.79. The van der Waals surface area contributed by atoms with E-state index in [1.54, 1.807) is 0 Å². The normalized spacial score (nSPS) is 18.2. The topological polar surface area (TPSA) is 55.8 Å². The Labute approximate surface area is 172 Å². The molecule has 2 saturated heterocycles. The number of carbonyl (C=O) groups is 1. The molecule has 2 fully saturated rings. The molecule has 0 saturated carbocycles. The summed E-state index contributed by atoms with van der Waals surface area (Å²) in [7, 11) is 2.15. The first-order valence-corrected chi connectivity index (χ1v) is 10.5. The minimum absolute atomic E-state index is 0.115. The van der Waals surface area contributed by atoms with Crippen molar-refractivity contribution in [1.29, 1.82) is 0 Å². The van der Waals surface area contributed by atoms with E-state index >= 15 is 0 Å². The van der Waals surface area contributed by atoms with Crippen LogP contribution in [0.2, 0.25) is 0 Å². The number of benzene rings is 1. The van der Waals surface area contributed by atoms with Crippen molar-refractivity contribution in [1.82, 2.24) is 20.0 Å². The van der Waals surface area contributed by atoms with Crippen LogP contribution in [0.25, 0.3) is 0 Å². The highest BCUT2D eigenvalue weighted by Gasteiger charge is 2.23. The van der Waals surface area contributed by atoms with Crippen molar-refractivity contribution in [2.45, 2.75) is 13.3 Å². The molecule has 1 aromatic heterocycles. The van der Waals surface area contributed by atoms with Crippen molar-refractivity contribution in [2.75, 3.05) is 69.2 Å². The number of aromatic nitrogens is 2. The van der Waals surface area contributed by atoms with Gasteiger partial charge in [0.05, 0.1) is 0 Å². The van der Waals surface area contributed by atoms with Crippen LogP contribution in [-0.2, 0) is 6.42 Å². The maximum absolute atomic E-state index is 12.8. The van der Waals surface area contributed by atoms with Crippen LogP contribution in [0.1, 0.15) is 22.8 Å². The summed E-state index contributed by atoms with van der Waals surface area (Å²) in [4.78, 5) is 21.5. The molecule has 7 nitrogen and oxygen atoms in total. The zero-order valence-corrected chi connectivity index (χ0v) is 17.4. The van der Waals surface area contributed by atoms with Gasteiger partial charge in [-0.25, -0.2) is 0 Å². The maximum atomic E-state index is 12.8. The van der Waals surface area contributed by atoms with Gasteiger partial charge in [0.1, 0.15) is 0 Å². The molecule has 3 heterocycles. The smallest absolute Gasteiger partial charge is 0.253 e. The summed E-state index contributed by atoms with van der Waals surface area (Å²) >= 11 is 0. The Hall–Kier alpha value is -2.67. The molecule has 154 valence electrons. The average molecular weight is 395 g/mol. The minimum Gasteiger partial charge on any atom is -0.353 e. The van der Waals surface area contributed by atoms with E-state index in [2.05, 4.69) is 51.0 Å². The number of nitrogens with zero attached hydrogens (tertiary/aromatic N) is 6. The molecule has 0 radical (unpaired) electrons. The first kappa shape index (κ1) is 19.6. The van der Waals surface area contributed by atoms with Gasteiger partial charge in [-0.2, -0.15) is 0 Å². The van der Waals surface area contributed by atoms with Crippen LogP contribution >= 0.6 is 0 Å². The molecule has 2 aliphatic rings. The lowest BCUT2D eigenvalue weighted by Crippen LogP contribution is -2.49. The van der Waals surface area contributed by atoms with Gasteiger partial charge >= 0.3 is 0 Å². The quantitative estimate of drug-likeness (QED) is 0.788. The Morgan fingerprint density at radius 3 is 1.79 bits per heavy atom. The summed E-state index contributed by atoms with van der Waals surface area (Å²) in [5.41, 5.74) is 2.02. The number of hydrogen-bond donors (Lipinski definition) is 0. The third kappa shape index (κ3) is 4.50. The number of carbonyl (C=O) groups excluding carboxylic acids is 1. The molecule has 29 heavy (non-hydrogen) atoms. The lowest BCUT2D eigenvalue weighted by atomic mass is 10.1. The summed E-state index contributed by atoms with van der Waals surface area (Å²) in [6.07, 6.45) is 0.988. The van der Waals surface area contributed by atoms with Crippen LogP contribution in [0.5, 0.6) is 0 Å². The van der Waals surface area contributed by atoms with Gasteiger partial charge in [0.2, 0.25) is 0 Å². The van der Waals surface area contributed by atoms with Crippen LogP contribution in [-0.4, -0.2) is 85.3 Å². The second kappa shape index (κ2) is 8.78. The third-order valence-corrected chi connectivity index (χ3v) is 5.96. The Kier molecular flexibility index (Phi) is 5.94. The summed E-state index contributed by atoms with van der Waals surface area (Å²) in [6, 6.07) is 12.1. The molecule has 0 N–H and O–H groups in total. The van der Waals surface area contributed by atoms with Crippen molar-refractivity contribution < 1.29 is 4.79 Å². The minimum atomic E-state index is 0.115. The molecule has 0 atom stereocenters. The van der Waals surface area contributed by atoms with Gasteiger partial charge < -0.3 is 19.6 Å². The molecule has 0 spiro atoms. The maximum Gasteiger partial charge on any atom is 0.253 e. The standard InChI is InChI=1S/C22H30N6O/c1-3-18-4-6-19(7-5-18)22(29)28-16-14-27(15-17-28)21-9-8-20(23-24-21)26-12-10-25(2)11-13-26/h4-9H,3,10-17H2,1-2H3. The van der Waals surface area contributed by atoms with Crippen molar-refractivity contribution in [3.8, 4) is 0 Å². The first-order chi connectivity index (χ1) is 14.1. The Morgan fingerprint density at radius 2 is 1.31 bits per heavy atom. The predicted molar refractivity (Wildman–Crippen MR) is 116 cm³/mol. The van der Waals surface area contributed by atoms with Crippen LogP contribution in [0, 0.1) is 0 Å². The van der Waals surface area contributed by atoms with E-state index in [4.69, 9.17) is 0 Å². The predicted octanol–water partition coefficient (Wildman–Crippen LogP) is 1.75. The zero-order chi connectivity index (χ0) is 20.2. The highest BCUT2D eigenvalue weighted by Crippen LogP contribution is 2.18. The summed E-state index contributed by atoms with van der Waals surface area (Å²) in [5, 5.41) is 8.92. The van der Waals surface area contributed by atoms with Crippen LogP contribution in [0.15, 0.2) is 36.4 Å². The highest BCUT2D eigenvalue weighted by atomic mass is 16.2. The van der Waals surface area contributed by atoms with E-state index in [-0.39, 0.29) is 5.91 Å². The van der Waals surface area contributed by atoms with Gasteiger partial charge in [0.15, 0.2) is 11.6 Å². The molecule has 0 unspecified atom stereocenters. The van der Waals surface area contributed by atoms with E-state index in [9.17, 15) is 4.79 Å². The molecular weight excluding hydrogens is 364 g/mol. The lowest BCUT2D eigenvalue weighted by molar-refractivity contribution is 0.0746. The van der Waals surface area contributed by atoms with E-state index < -0.39 is 0 Å². The van der Waals surface area contributed by atoms with Crippen LogP contribution in [0.3, 0.4) is 0 Å². The van der Waals surface area contributed by atoms with E-state index in [0.29, 0.717) is 13.1 Å². The largest absolute Gasteiger partial charge is 0.353 e. The van der Waals surface area contributed by atoms with Gasteiger partial charge in [-0.05, 0) is 43.3 Å². The van der Waals surface area contributed by atoms with Crippen LogP contribution in [0.4, 0.5) is 11.6 Å². The van der Waals surface area contributed by atoms with Gasteiger partial charge in [-0.1, -0.05) is 19.1 Å². The second-order valence-corrected chi connectivity index (χ2v) is 7.87. The Balaban J connectivity index is 1.32. The molecule has 1 aromatic carbocycles. The number of rotatable bonds is 4. The third-order valence-electron chi connectivity index (χ3n) is 5.96. The molecule has 7 heteroatoms. The van der Waals surface area contributed by atoms with Gasteiger partial charge in [0.25, 0.3) is 5.91 Å². The van der Waals surface area contributed by atoms with Crippen molar-refractivity contribution in [3.63, 3.8) is 0 Å². The molecule has 0 aliphatic carbocycles. The van der Waals surface area contributed by atoms with Crippen LogP contribution < -0.4 is 9.80 Å². The lowest BCUT2D eigenvalue weighted by Gasteiger charge is -2.36. The SMILES string of the molecule is CCc1ccc(C(=O)N2CCN(c3ccc(N4CCN(C)CC4)nn3)CC2)cc1. The fourth-order valence-electron chi connectivity index (χ4n) is 3.90. The van der Waals surface area contributed by atoms with E-state index in [1.807, 2.05) is 29.2 Å². The van der Waals surface area contributed by atoms with E-state index in [0.717, 1.165) is 62.9 Å². The molecular formula is C22H30N6O. The molecule has 4 rings (SSSR count). The number of aryl methyl sites for hydroxylation is 1. The molecule has 2 aromatic rings. The first-order valence-electron chi connectivity index (χ1n) is 10.5. The van der Waals surface area contributed by atoms with E-state index in [1.165, 1.54) is 5.56 Å². The second-order valence-electron chi connectivity index (χ2n) is 7.87. The Bertz CT molecular complexity index is 806. The Morgan fingerprint density at radius 1 is 0.793 bits per heavy atom. The number of hydrogen-bond acceptors (Lipinski definition) is 6. The monoisotopic (exact) mass is 394 g/mol. The summed E-state index contributed by atoms with van der Waals surface area (Å²) in [6.45, 7) is 9.18. The molecule has 1 amide bonds. The fourth-order valence-corrected chi connectivity index (χ4v) is 3.90. The van der Waals surface area contributed by atoms with Crippen molar-refractivity contribution in [3.05, 3.63) is 47.5 Å². The summed E-state index contributed by atoms with van der Waals surface area (Å²) in [5.74, 6) is 1.96. The van der Waals surface area contributed by atoms with Crippen molar-refractivity contribution in [2.24, 2.45) is 0 Å². The van der Waals surface area contributed by atoms with Crippen molar-refractivity contribution >= 4 is 17.5 Å². The number of likely N-dealkylation sites (N-methyl/N-ethyl adjacent to an activating group) is 1. The number of piperazine rings is 2. The number of anilines is 2. The fraction of sp³-hybridized carbons (Fsp3) is 0.500. The molecule has 2 aliphatic heterocycles. The van der Waals surface area contributed by atoms with Gasteiger partial charge in [-0.3, -0.25) is 4.79 Å². The summed E-state index contributed by atoms with van der Waals surface area (Å²) < 4.78 is 0. The van der Waals surface area contributed by atoms with Gasteiger partial charge in [-0.15, -0.1) is 10.2 Å².